The average Bonchev–Trinajstić information content (AvgIpc) is 3.10. The van der Waals surface area contributed by atoms with Gasteiger partial charge in [0.25, 0.3) is 0 Å². The molecule has 4 heteroatoms. The number of amides is 1. The van der Waals surface area contributed by atoms with E-state index < -0.39 is 0 Å². The zero-order valence-corrected chi connectivity index (χ0v) is 17.2. The summed E-state index contributed by atoms with van der Waals surface area (Å²) in [6.45, 7) is 0.440. The summed E-state index contributed by atoms with van der Waals surface area (Å²) >= 11 is 0. The molecule has 4 nitrogen and oxygen atoms in total. The summed E-state index contributed by atoms with van der Waals surface area (Å²) < 4.78 is 5.82. The molecule has 0 aromatic heterocycles. The van der Waals surface area contributed by atoms with E-state index in [1.54, 1.807) is 4.90 Å². The van der Waals surface area contributed by atoms with E-state index in [1.807, 2.05) is 19.2 Å². The molecule has 0 radical (unpaired) electrons. The standard InChI is InChI=1S/C25H31NO3/c1-26(24(15-16-27)18-9-3-2-4-10-18)25(28)29-17-23-21-13-7-5-11-19(21)20-12-6-8-14-22(20)23/h5-8,11-14,18,23-24,27H,2-4,9-10,15-17H2,1H3/t24-/m1/s1. The summed E-state index contributed by atoms with van der Waals surface area (Å²) in [5, 5.41) is 9.54. The lowest BCUT2D eigenvalue weighted by molar-refractivity contribution is 0.0667. The first kappa shape index (κ1) is 20.0. The number of rotatable bonds is 6. The zero-order valence-electron chi connectivity index (χ0n) is 17.2. The lowest BCUT2D eigenvalue weighted by atomic mass is 9.82. The van der Waals surface area contributed by atoms with Gasteiger partial charge in [-0.25, -0.2) is 4.79 Å². The van der Waals surface area contributed by atoms with E-state index in [1.165, 1.54) is 41.5 Å². The number of aliphatic hydroxyl groups is 1. The van der Waals surface area contributed by atoms with Crippen LogP contribution in [-0.4, -0.2) is 42.4 Å². The summed E-state index contributed by atoms with van der Waals surface area (Å²) in [6, 6.07) is 16.8. The molecule has 1 atom stereocenters. The van der Waals surface area contributed by atoms with Crippen LogP contribution in [0.4, 0.5) is 4.79 Å². The third-order valence-electron chi connectivity index (χ3n) is 6.74. The van der Waals surface area contributed by atoms with Crippen LogP contribution in [0.25, 0.3) is 11.1 Å². The molecule has 29 heavy (non-hydrogen) atoms. The molecule has 154 valence electrons. The number of nitrogens with zero attached hydrogens (tertiary/aromatic N) is 1. The monoisotopic (exact) mass is 393 g/mol. The van der Waals surface area contributed by atoms with Crippen molar-refractivity contribution in [2.75, 3.05) is 20.3 Å². The highest BCUT2D eigenvalue weighted by Gasteiger charge is 2.32. The lowest BCUT2D eigenvalue weighted by Crippen LogP contribution is -2.43. The minimum atomic E-state index is -0.282. The molecule has 1 amide bonds. The van der Waals surface area contributed by atoms with Crippen LogP contribution in [0.2, 0.25) is 0 Å². The Morgan fingerprint density at radius 2 is 1.62 bits per heavy atom. The maximum absolute atomic E-state index is 12.9. The Bertz CT molecular complexity index is 798. The van der Waals surface area contributed by atoms with Crippen molar-refractivity contribution in [3.63, 3.8) is 0 Å². The molecule has 2 aliphatic rings. The average molecular weight is 394 g/mol. The number of fused-ring (bicyclic) bond motifs is 3. The van der Waals surface area contributed by atoms with Gasteiger partial charge in [0.15, 0.2) is 0 Å². The van der Waals surface area contributed by atoms with Gasteiger partial charge in [-0.15, -0.1) is 0 Å². The molecule has 0 bridgehead atoms. The lowest BCUT2D eigenvalue weighted by Gasteiger charge is -2.36. The number of ether oxygens (including phenoxy) is 1. The highest BCUT2D eigenvalue weighted by atomic mass is 16.6. The second kappa shape index (κ2) is 9.00. The number of benzene rings is 2. The number of hydrogen-bond donors (Lipinski definition) is 1. The molecule has 1 fully saturated rings. The van der Waals surface area contributed by atoms with Crippen LogP contribution in [0, 0.1) is 5.92 Å². The second-order valence-electron chi connectivity index (χ2n) is 8.39. The summed E-state index contributed by atoms with van der Waals surface area (Å²) in [6.07, 6.45) is 6.30. The largest absolute Gasteiger partial charge is 0.448 e. The van der Waals surface area contributed by atoms with Gasteiger partial charge in [0.1, 0.15) is 6.61 Å². The van der Waals surface area contributed by atoms with Gasteiger partial charge in [-0.05, 0) is 47.4 Å². The first-order chi connectivity index (χ1) is 14.2. The molecule has 4 rings (SSSR count). The SMILES string of the molecule is CN(C(=O)OCC1c2ccccc2-c2ccccc21)[C@H](CCO)C1CCCCC1. The van der Waals surface area contributed by atoms with Crippen molar-refractivity contribution in [1.29, 1.82) is 0 Å². The van der Waals surface area contributed by atoms with E-state index in [2.05, 4.69) is 36.4 Å². The predicted octanol–water partition coefficient (Wildman–Crippen LogP) is 5.20. The van der Waals surface area contributed by atoms with Crippen LogP contribution < -0.4 is 0 Å². The molecular formula is C25H31NO3. The van der Waals surface area contributed by atoms with Gasteiger partial charge in [0, 0.05) is 25.6 Å². The van der Waals surface area contributed by atoms with Crippen molar-refractivity contribution < 1.29 is 14.6 Å². The van der Waals surface area contributed by atoms with Gasteiger partial charge in [-0.3, -0.25) is 0 Å². The molecule has 1 saturated carbocycles. The van der Waals surface area contributed by atoms with Crippen LogP contribution in [0.1, 0.15) is 55.6 Å². The van der Waals surface area contributed by atoms with Gasteiger partial charge in [-0.2, -0.15) is 0 Å². The third kappa shape index (κ3) is 4.04. The highest BCUT2D eigenvalue weighted by Crippen LogP contribution is 2.44. The Morgan fingerprint density at radius 1 is 1.03 bits per heavy atom. The van der Waals surface area contributed by atoms with Crippen LogP contribution in [0.3, 0.4) is 0 Å². The molecule has 1 N–H and O–H groups in total. The maximum atomic E-state index is 12.9. The molecule has 0 saturated heterocycles. The van der Waals surface area contributed by atoms with Crippen LogP contribution >= 0.6 is 0 Å². The fraction of sp³-hybridized carbons (Fsp3) is 0.480. The molecule has 0 unspecified atom stereocenters. The van der Waals surface area contributed by atoms with Crippen molar-refractivity contribution in [1.82, 2.24) is 4.90 Å². The van der Waals surface area contributed by atoms with E-state index >= 15 is 0 Å². The first-order valence-electron chi connectivity index (χ1n) is 10.9. The van der Waals surface area contributed by atoms with Crippen LogP contribution in [0.15, 0.2) is 48.5 Å². The number of carbonyl (C=O) groups excluding carboxylic acids is 1. The minimum Gasteiger partial charge on any atom is -0.448 e. The smallest absolute Gasteiger partial charge is 0.409 e. The molecule has 2 aromatic carbocycles. The van der Waals surface area contributed by atoms with Crippen molar-refractivity contribution in [2.45, 2.75) is 50.5 Å². The Labute approximate surface area is 173 Å². The fourth-order valence-electron chi connectivity index (χ4n) is 5.23. The zero-order chi connectivity index (χ0) is 20.2. The number of hydrogen-bond acceptors (Lipinski definition) is 3. The minimum absolute atomic E-state index is 0.0518. The summed E-state index contributed by atoms with van der Waals surface area (Å²) in [7, 11) is 1.83. The molecule has 0 aliphatic heterocycles. The third-order valence-corrected chi connectivity index (χ3v) is 6.74. The molecular weight excluding hydrogens is 362 g/mol. The van der Waals surface area contributed by atoms with Crippen molar-refractivity contribution >= 4 is 6.09 Å². The van der Waals surface area contributed by atoms with Gasteiger partial charge < -0.3 is 14.7 Å². The summed E-state index contributed by atoms with van der Waals surface area (Å²) in [4.78, 5) is 14.6. The van der Waals surface area contributed by atoms with Crippen LogP contribution in [-0.2, 0) is 4.74 Å². The van der Waals surface area contributed by atoms with Crippen molar-refractivity contribution in [2.24, 2.45) is 5.92 Å². The van der Waals surface area contributed by atoms with Crippen molar-refractivity contribution in [3.8, 4) is 11.1 Å². The molecule has 2 aromatic rings. The van der Waals surface area contributed by atoms with E-state index in [4.69, 9.17) is 4.74 Å². The quantitative estimate of drug-likeness (QED) is 0.734. The van der Waals surface area contributed by atoms with E-state index in [-0.39, 0.29) is 24.7 Å². The summed E-state index contributed by atoms with van der Waals surface area (Å²) in [5.41, 5.74) is 4.92. The van der Waals surface area contributed by atoms with Crippen molar-refractivity contribution in [3.05, 3.63) is 59.7 Å². The molecule has 0 spiro atoms. The highest BCUT2D eigenvalue weighted by molar-refractivity contribution is 5.79. The predicted molar refractivity (Wildman–Crippen MR) is 115 cm³/mol. The van der Waals surface area contributed by atoms with Gasteiger partial charge in [0.05, 0.1) is 0 Å². The Kier molecular flexibility index (Phi) is 6.19. The number of aliphatic hydroxyl groups excluding tert-OH is 1. The topological polar surface area (TPSA) is 49.8 Å². The normalized spacial score (nSPS) is 17.4. The van der Waals surface area contributed by atoms with E-state index in [0.717, 1.165) is 12.8 Å². The fourth-order valence-corrected chi connectivity index (χ4v) is 5.23. The van der Waals surface area contributed by atoms with Crippen LogP contribution in [0.5, 0.6) is 0 Å². The Morgan fingerprint density at radius 3 is 2.21 bits per heavy atom. The second-order valence-corrected chi connectivity index (χ2v) is 8.39. The Hall–Kier alpha value is -2.33. The molecule has 2 aliphatic carbocycles. The number of carbonyl (C=O) groups is 1. The van der Waals surface area contributed by atoms with Gasteiger partial charge >= 0.3 is 6.09 Å². The van der Waals surface area contributed by atoms with E-state index in [9.17, 15) is 9.90 Å². The van der Waals surface area contributed by atoms with Gasteiger partial charge in [-0.1, -0.05) is 67.8 Å². The summed E-state index contributed by atoms with van der Waals surface area (Å²) in [5.74, 6) is 0.534. The first-order valence-corrected chi connectivity index (χ1v) is 10.9. The maximum Gasteiger partial charge on any atom is 0.409 e. The van der Waals surface area contributed by atoms with Gasteiger partial charge in [0.2, 0.25) is 0 Å². The Balaban J connectivity index is 1.46. The van der Waals surface area contributed by atoms with E-state index in [0.29, 0.717) is 18.9 Å². The molecule has 0 heterocycles.